The molecule has 1 heterocycles. The van der Waals surface area contributed by atoms with Crippen molar-refractivity contribution < 1.29 is 0 Å². The molecule has 0 aliphatic rings. The molecule has 0 atom stereocenters. The zero-order valence-electron chi connectivity index (χ0n) is 9.53. The van der Waals surface area contributed by atoms with Crippen LogP contribution in [0, 0.1) is 6.92 Å². The van der Waals surface area contributed by atoms with Crippen molar-refractivity contribution in [2.75, 3.05) is 5.73 Å². The van der Waals surface area contributed by atoms with Gasteiger partial charge in [0.1, 0.15) is 5.01 Å². The Morgan fingerprint density at radius 3 is 2.88 bits per heavy atom. The van der Waals surface area contributed by atoms with Crippen LogP contribution in [0.15, 0.2) is 28.9 Å². The average molecular weight is 312 g/mol. The van der Waals surface area contributed by atoms with Crippen LogP contribution in [0.2, 0.25) is 0 Å². The van der Waals surface area contributed by atoms with E-state index in [4.69, 9.17) is 5.73 Å². The number of benzene rings is 1. The topological polar surface area (TPSA) is 50.9 Å². The Bertz CT molecular complexity index is 510. The third kappa shape index (κ3) is 3.52. The second-order valence-corrected chi connectivity index (χ2v) is 6.00. The molecule has 0 bridgehead atoms. The van der Waals surface area contributed by atoms with E-state index in [0.29, 0.717) is 0 Å². The van der Waals surface area contributed by atoms with Crippen molar-refractivity contribution in [1.29, 1.82) is 0 Å². The molecule has 0 saturated heterocycles. The number of nitrogens with two attached hydrogens (primary N) is 1. The minimum absolute atomic E-state index is 0.768. The van der Waals surface area contributed by atoms with Crippen molar-refractivity contribution >= 4 is 33.0 Å². The number of aryl methyl sites for hydroxylation is 1. The summed E-state index contributed by atoms with van der Waals surface area (Å²) in [6.07, 6.45) is 1.90. The van der Waals surface area contributed by atoms with Gasteiger partial charge in [-0.3, -0.25) is 0 Å². The third-order valence-electron chi connectivity index (χ3n) is 2.34. The minimum atomic E-state index is 0.768. The molecule has 3 N–H and O–H groups in total. The summed E-state index contributed by atoms with van der Waals surface area (Å²) in [6.45, 7) is 3.69. The molecule has 3 nitrogen and oxygen atoms in total. The Hall–Kier alpha value is -0.910. The molecular weight excluding hydrogens is 298 g/mol. The number of nitrogens with one attached hydrogen (secondary N) is 1. The van der Waals surface area contributed by atoms with Crippen LogP contribution in [-0.2, 0) is 13.1 Å². The summed E-state index contributed by atoms with van der Waals surface area (Å²) >= 11 is 5.15. The predicted molar refractivity (Wildman–Crippen MR) is 75.9 cm³/mol. The van der Waals surface area contributed by atoms with Gasteiger partial charge in [-0.05, 0) is 40.5 Å². The predicted octanol–water partition coefficient (Wildman–Crippen LogP) is 3.09. The van der Waals surface area contributed by atoms with Crippen LogP contribution in [-0.4, -0.2) is 4.98 Å². The zero-order valence-corrected chi connectivity index (χ0v) is 11.9. The number of thiazole rings is 1. The lowest BCUT2D eigenvalue weighted by Crippen LogP contribution is -2.12. The molecule has 0 fully saturated rings. The molecular formula is C12H14BrN3S. The molecule has 5 heteroatoms. The maximum atomic E-state index is 5.74. The standard InChI is InChI=1S/C12H14BrN3S/c1-8-5-16-12(17-8)7-15-6-9-2-3-11(14)10(13)4-9/h2-5,15H,6-7,14H2,1H3. The molecule has 2 rings (SSSR count). The van der Waals surface area contributed by atoms with E-state index in [9.17, 15) is 0 Å². The number of hydrogen-bond acceptors (Lipinski definition) is 4. The Morgan fingerprint density at radius 1 is 1.41 bits per heavy atom. The fraction of sp³-hybridized carbons (Fsp3) is 0.250. The van der Waals surface area contributed by atoms with Crippen LogP contribution in [0.5, 0.6) is 0 Å². The van der Waals surface area contributed by atoms with Crippen molar-refractivity contribution in [2.24, 2.45) is 0 Å². The molecule has 0 aliphatic carbocycles. The molecule has 0 radical (unpaired) electrons. The Morgan fingerprint density at radius 2 is 2.24 bits per heavy atom. The quantitative estimate of drug-likeness (QED) is 0.853. The Kier molecular flexibility index (Phi) is 4.15. The van der Waals surface area contributed by atoms with Gasteiger partial charge >= 0.3 is 0 Å². The number of anilines is 1. The summed E-state index contributed by atoms with van der Waals surface area (Å²) in [7, 11) is 0. The normalized spacial score (nSPS) is 10.7. The average Bonchev–Trinajstić information content (AvgIpc) is 2.70. The van der Waals surface area contributed by atoms with Crippen molar-refractivity contribution in [3.8, 4) is 0 Å². The number of aromatic nitrogens is 1. The van der Waals surface area contributed by atoms with E-state index < -0.39 is 0 Å². The summed E-state index contributed by atoms with van der Waals surface area (Å²) in [5.74, 6) is 0. The van der Waals surface area contributed by atoms with Crippen LogP contribution < -0.4 is 11.1 Å². The lowest BCUT2D eigenvalue weighted by molar-refractivity contribution is 0.690. The lowest BCUT2D eigenvalue weighted by atomic mass is 10.2. The van der Waals surface area contributed by atoms with E-state index in [2.05, 4.69) is 33.2 Å². The summed E-state index contributed by atoms with van der Waals surface area (Å²) in [4.78, 5) is 5.55. The zero-order chi connectivity index (χ0) is 12.3. The fourth-order valence-electron chi connectivity index (χ4n) is 1.48. The summed E-state index contributed by atoms with van der Waals surface area (Å²) in [6, 6.07) is 5.98. The van der Waals surface area contributed by atoms with Gasteiger partial charge in [-0.2, -0.15) is 0 Å². The van der Waals surface area contributed by atoms with Gasteiger partial charge in [0.2, 0.25) is 0 Å². The van der Waals surface area contributed by atoms with E-state index in [1.165, 1.54) is 10.4 Å². The van der Waals surface area contributed by atoms with Crippen LogP contribution >= 0.6 is 27.3 Å². The monoisotopic (exact) mass is 311 g/mol. The van der Waals surface area contributed by atoms with E-state index in [1.807, 2.05) is 24.4 Å². The van der Waals surface area contributed by atoms with Gasteiger partial charge < -0.3 is 11.1 Å². The van der Waals surface area contributed by atoms with Gasteiger partial charge in [0.15, 0.2) is 0 Å². The smallest absolute Gasteiger partial charge is 0.107 e. The molecule has 0 amide bonds. The first-order valence-electron chi connectivity index (χ1n) is 5.31. The van der Waals surface area contributed by atoms with Crippen LogP contribution in [0.4, 0.5) is 5.69 Å². The highest BCUT2D eigenvalue weighted by Crippen LogP contribution is 2.20. The SMILES string of the molecule is Cc1cnc(CNCc2ccc(N)c(Br)c2)s1. The van der Waals surface area contributed by atoms with Crippen molar-refractivity contribution in [3.63, 3.8) is 0 Å². The highest BCUT2D eigenvalue weighted by atomic mass is 79.9. The van der Waals surface area contributed by atoms with E-state index in [0.717, 1.165) is 28.3 Å². The molecule has 0 unspecified atom stereocenters. The fourth-order valence-corrected chi connectivity index (χ4v) is 2.66. The summed E-state index contributed by atoms with van der Waals surface area (Å²) in [5.41, 5.74) is 7.71. The van der Waals surface area contributed by atoms with E-state index in [-0.39, 0.29) is 0 Å². The number of nitrogens with zero attached hydrogens (tertiary/aromatic N) is 1. The first kappa shape index (κ1) is 12.5. The van der Waals surface area contributed by atoms with Crippen LogP contribution in [0.25, 0.3) is 0 Å². The molecule has 2 aromatic rings. The number of hydrogen-bond donors (Lipinski definition) is 2. The first-order valence-corrected chi connectivity index (χ1v) is 6.92. The van der Waals surface area contributed by atoms with Gasteiger partial charge in [-0.15, -0.1) is 11.3 Å². The Balaban J connectivity index is 1.87. The van der Waals surface area contributed by atoms with Crippen molar-refractivity contribution in [2.45, 2.75) is 20.0 Å². The molecule has 0 spiro atoms. The molecule has 0 aliphatic heterocycles. The van der Waals surface area contributed by atoms with Gasteiger partial charge in [-0.25, -0.2) is 4.98 Å². The minimum Gasteiger partial charge on any atom is -0.398 e. The number of halogens is 1. The second-order valence-electron chi connectivity index (χ2n) is 3.82. The van der Waals surface area contributed by atoms with Gasteiger partial charge in [0.05, 0.1) is 0 Å². The maximum Gasteiger partial charge on any atom is 0.107 e. The highest BCUT2D eigenvalue weighted by Gasteiger charge is 2.00. The van der Waals surface area contributed by atoms with Gasteiger partial charge in [-0.1, -0.05) is 6.07 Å². The van der Waals surface area contributed by atoms with Crippen molar-refractivity contribution in [1.82, 2.24) is 10.3 Å². The largest absolute Gasteiger partial charge is 0.398 e. The molecule has 1 aromatic carbocycles. The maximum absolute atomic E-state index is 5.74. The third-order valence-corrected chi connectivity index (χ3v) is 3.94. The van der Waals surface area contributed by atoms with Crippen LogP contribution in [0.1, 0.15) is 15.4 Å². The highest BCUT2D eigenvalue weighted by molar-refractivity contribution is 9.10. The van der Waals surface area contributed by atoms with E-state index >= 15 is 0 Å². The summed E-state index contributed by atoms with van der Waals surface area (Å²) < 4.78 is 0.946. The summed E-state index contributed by atoms with van der Waals surface area (Å²) in [5, 5.41) is 4.49. The first-order chi connectivity index (χ1) is 8.15. The molecule has 1 aromatic heterocycles. The van der Waals surface area contributed by atoms with Crippen LogP contribution in [0.3, 0.4) is 0 Å². The molecule has 90 valence electrons. The van der Waals surface area contributed by atoms with Crippen molar-refractivity contribution in [3.05, 3.63) is 44.3 Å². The lowest BCUT2D eigenvalue weighted by Gasteiger charge is -2.05. The Labute approximate surface area is 113 Å². The second kappa shape index (κ2) is 5.62. The number of rotatable bonds is 4. The molecule has 17 heavy (non-hydrogen) atoms. The van der Waals surface area contributed by atoms with Gasteiger partial charge in [0, 0.05) is 34.3 Å². The molecule has 0 saturated carbocycles. The van der Waals surface area contributed by atoms with Gasteiger partial charge in [0.25, 0.3) is 0 Å². The number of nitrogen functional groups attached to an aromatic ring is 1. The van der Waals surface area contributed by atoms with E-state index in [1.54, 1.807) is 11.3 Å².